The van der Waals surface area contributed by atoms with Crippen LogP contribution in [-0.4, -0.2) is 65.7 Å². The molecule has 0 saturated carbocycles. The molecular weight excluding hydrogens is 429 g/mol. The topological polar surface area (TPSA) is 130 Å². The van der Waals surface area contributed by atoms with Crippen LogP contribution in [0.25, 0.3) is 0 Å². The van der Waals surface area contributed by atoms with Crippen molar-refractivity contribution >= 4 is 35.0 Å². The minimum absolute atomic E-state index is 0.0418. The molecule has 0 spiro atoms. The van der Waals surface area contributed by atoms with E-state index in [1.807, 2.05) is 0 Å². The third-order valence-corrected chi connectivity index (χ3v) is 5.60. The fourth-order valence-corrected chi connectivity index (χ4v) is 3.92. The van der Waals surface area contributed by atoms with Crippen molar-refractivity contribution < 1.29 is 28.7 Å². The third kappa shape index (κ3) is 6.32. The Bertz CT molecular complexity index is 845. The average Bonchev–Trinajstić information content (AvgIpc) is 3.00. The molecule has 1 aliphatic rings. The van der Waals surface area contributed by atoms with E-state index < -0.39 is 29.0 Å². The lowest BCUT2D eigenvalue weighted by Crippen LogP contribution is -2.48. The molecule has 0 aromatic heterocycles. The number of aryl methyl sites for hydroxylation is 1. The molecule has 10 heteroatoms. The van der Waals surface area contributed by atoms with Gasteiger partial charge in [0.2, 0.25) is 11.5 Å². The molecule has 0 aliphatic carbocycles. The molecule has 170 valence electrons. The number of nitrogens with one attached hydrogen (secondary N) is 1. The van der Waals surface area contributed by atoms with E-state index in [4.69, 9.17) is 17.3 Å². The van der Waals surface area contributed by atoms with Crippen LogP contribution in [0.3, 0.4) is 0 Å². The van der Waals surface area contributed by atoms with Crippen molar-refractivity contribution in [3.05, 3.63) is 34.6 Å². The first-order valence-corrected chi connectivity index (χ1v) is 10.4. The predicted octanol–water partition coefficient (Wildman–Crippen LogP) is 0.614. The predicted molar refractivity (Wildman–Crippen MR) is 112 cm³/mol. The highest BCUT2D eigenvalue weighted by molar-refractivity contribution is 6.30. The van der Waals surface area contributed by atoms with Crippen LogP contribution in [0.5, 0.6) is 0 Å². The average molecular weight is 456 g/mol. The number of hydrogen-bond donors (Lipinski definition) is 3. The molecule has 8 nitrogen and oxygen atoms in total. The monoisotopic (exact) mass is 455 g/mol. The van der Waals surface area contributed by atoms with Gasteiger partial charge in [-0.25, -0.2) is 4.39 Å². The van der Waals surface area contributed by atoms with E-state index in [1.165, 1.54) is 19.2 Å². The molecule has 4 N–H and O–H groups in total. The summed E-state index contributed by atoms with van der Waals surface area (Å²) in [6.07, 6.45) is 0.0273. The number of amides is 2. The van der Waals surface area contributed by atoms with Crippen LogP contribution in [0, 0.1) is 11.7 Å². The van der Waals surface area contributed by atoms with Crippen LogP contribution in [0.2, 0.25) is 5.02 Å². The summed E-state index contributed by atoms with van der Waals surface area (Å²) in [5, 5.41) is 13.3. The lowest BCUT2D eigenvalue weighted by Gasteiger charge is -2.21. The maximum absolute atomic E-state index is 13.4. The fraction of sp³-hybridized carbons (Fsp3) is 0.524. The highest BCUT2D eigenvalue weighted by Gasteiger charge is 2.50. The summed E-state index contributed by atoms with van der Waals surface area (Å²) < 4.78 is 13.4. The first kappa shape index (κ1) is 24.9. The SMILES string of the molecule is CNC(=O)[C@H](CCN)CC(=O)CN1CC[C@](O)(C(=O)CCc2cc(F)cc(Cl)c2)C1=O. The van der Waals surface area contributed by atoms with Crippen molar-refractivity contribution in [1.29, 1.82) is 0 Å². The fourth-order valence-electron chi connectivity index (χ4n) is 3.68. The number of aliphatic hydroxyl groups is 1. The van der Waals surface area contributed by atoms with Gasteiger partial charge in [-0.3, -0.25) is 19.2 Å². The number of hydrogen-bond acceptors (Lipinski definition) is 6. The third-order valence-electron chi connectivity index (χ3n) is 5.38. The zero-order chi connectivity index (χ0) is 23.2. The summed E-state index contributed by atoms with van der Waals surface area (Å²) in [7, 11) is 1.46. The number of nitrogens with two attached hydrogens (primary N) is 1. The van der Waals surface area contributed by atoms with E-state index >= 15 is 0 Å². The largest absolute Gasteiger partial charge is 0.373 e. The van der Waals surface area contributed by atoms with Crippen molar-refractivity contribution in [3.8, 4) is 0 Å². The van der Waals surface area contributed by atoms with Crippen LogP contribution in [0.15, 0.2) is 18.2 Å². The normalized spacial score (nSPS) is 19.4. The van der Waals surface area contributed by atoms with Crippen LogP contribution >= 0.6 is 11.6 Å². The van der Waals surface area contributed by atoms with Gasteiger partial charge in [-0.05, 0) is 43.1 Å². The lowest BCUT2D eigenvalue weighted by molar-refractivity contribution is -0.154. The Balaban J connectivity index is 1.95. The standard InChI is InChI=1S/C21H27ClFN3O5/c1-25-19(29)14(4-6-24)10-17(27)12-26-7-5-21(31,20(26)30)18(28)3-2-13-8-15(22)11-16(23)9-13/h8-9,11,14,31H,2-7,10,12,24H2,1H3,(H,25,29)/t14-,21+/m1/s1. The number of rotatable bonds is 11. The highest BCUT2D eigenvalue weighted by Crippen LogP contribution is 2.27. The molecular formula is C21H27ClFN3O5. The lowest BCUT2D eigenvalue weighted by atomic mass is 9.92. The number of carbonyl (C=O) groups excluding carboxylic acids is 4. The summed E-state index contributed by atoms with van der Waals surface area (Å²) in [5.41, 5.74) is 3.74. The van der Waals surface area contributed by atoms with Crippen LogP contribution in [0.4, 0.5) is 4.39 Å². The van der Waals surface area contributed by atoms with E-state index in [1.54, 1.807) is 0 Å². The number of ketones is 2. The molecule has 0 radical (unpaired) electrons. The Morgan fingerprint density at radius 1 is 1.35 bits per heavy atom. The van der Waals surface area contributed by atoms with Crippen LogP contribution in [-0.2, 0) is 25.6 Å². The van der Waals surface area contributed by atoms with Gasteiger partial charge in [-0.1, -0.05) is 11.6 Å². The first-order valence-electron chi connectivity index (χ1n) is 10.0. The summed E-state index contributed by atoms with van der Waals surface area (Å²) in [5.74, 6) is -3.34. The van der Waals surface area contributed by atoms with Crippen molar-refractivity contribution in [2.24, 2.45) is 11.7 Å². The van der Waals surface area contributed by atoms with Gasteiger partial charge >= 0.3 is 0 Å². The van der Waals surface area contributed by atoms with Crippen molar-refractivity contribution in [3.63, 3.8) is 0 Å². The van der Waals surface area contributed by atoms with Gasteiger partial charge in [0.15, 0.2) is 11.6 Å². The summed E-state index contributed by atoms with van der Waals surface area (Å²) >= 11 is 5.80. The zero-order valence-electron chi connectivity index (χ0n) is 17.3. The van der Waals surface area contributed by atoms with E-state index in [0.29, 0.717) is 12.0 Å². The van der Waals surface area contributed by atoms with Crippen LogP contribution < -0.4 is 11.1 Å². The number of benzene rings is 1. The molecule has 1 saturated heterocycles. The first-order chi connectivity index (χ1) is 14.6. The molecule has 0 bridgehead atoms. The molecule has 1 aromatic rings. The number of nitrogens with zero attached hydrogens (tertiary/aromatic N) is 1. The zero-order valence-corrected chi connectivity index (χ0v) is 18.1. The van der Waals surface area contributed by atoms with Crippen LogP contribution in [0.1, 0.15) is 31.2 Å². The van der Waals surface area contributed by atoms with E-state index in [-0.39, 0.29) is 62.0 Å². The minimum atomic E-state index is -2.21. The molecule has 31 heavy (non-hydrogen) atoms. The Kier molecular flexibility index (Phi) is 8.67. The number of halogens is 2. The molecule has 0 unspecified atom stereocenters. The van der Waals surface area contributed by atoms with E-state index in [0.717, 1.165) is 11.0 Å². The molecule has 1 aromatic carbocycles. The molecule has 2 amide bonds. The minimum Gasteiger partial charge on any atom is -0.373 e. The second-order valence-corrected chi connectivity index (χ2v) is 8.11. The maximum atomic E-state index is 13.4. The number of carbonyl (C=O) groups is 4. The maximum Gasteiger partial charge on any atom is 0.262 e. The van der Waals surface area contributed by atoms with Crippen molar-refractivity contribution in [1.82, 2.24) is 10.2 Å². The second kappa shape index (κ2) is 10.8. The second-order valence-electron chi connectivity index (χ2n) is 7.67. The summed E-state index contributed by atoms with van der Waals surface area (Å²) in [6, 6.07) is 3.88. The molecule has 1 fully saturated rings. The van der Waals surface area contributed by atoms with Crippen molar-refractivity contribution in [2.45, 2.75) is 37.7 Å². The van der Waals surface area contributed by atoms with Gasteiger partial charge in [0, 0.05) is 43.8 Å². The van der Waals surface area contributed by atoms with Crippen molar-refractivity contribution in [2.75, 3.05) is 26.7 Å². The summed E-state index contributed by atoms with van der Waals surface area (Å²) in [6.45, 7) is -0.0229. The Morgan fingerprint density at radius 3 is 2.68 bits per heavy atom. The summed E-state index contributed by atoms with van der Waals surface area (Å²) in [4.78, 5) is 50.6. The van der Waals surface area contributed by atoms with Gasteiger partial charge in [-0.2, -0.15) is 0 Å². The van der Waals surface area contributed by atoms with Gasteiger partial charge in [0.05, 0.1) is 6.54 Å². The molecule has 2 rings (SSSR count). The van der Waals surface area contributed by atoms with E-state index in [9.17, 15) is 28.7 Å². The highest BCUT2D eigenvalue weighted by atomic mass is 35.5. The molecule has 1 aliphatic heterocycles. The number of Topliss-reactive ketones (excluding diaryl/α,β-unsaturated/α-hetero) is 2. The van der Waals surface area contributed by atoms with E-state index in [2.05, 4.69) is 5.32 Å². The Morgan fingerprint density at radius 2 is 2.06 bits per heavy atom. The van der Waals surface area contributed by atoms with Gasteiger partial charge in [0.1, 0.15) is 5.82 Å². The van der Waals surface area contributed by atoms with Gasteiger partial charge < -0.3 is 21.1 Å². The smallest absolute Gasteiger partial charge is 0.262 e. The number of likely N-dealkylation sites (tertiary alicyclic amines) is 1. The Hall–Kier alpha value is -2.36. The quantitative estimate of drug-likeness (QED) is 0.419. The molecule has 1 heterocycles. The van der Waals surface area contributed by atoms with Gasteiger partial charge in [-0.15, -0.1) is 0 Å². The van der Waals surface area contributed by atoms with Gasteiger partial charge in [0.25, 0.3) is 5.91 Å². The Labute approximate surface area is 184 Å². The molecule has 2 atom stereocenters.